The van der Waals surface area contributed by atoms with Crippen LogP contribution >= 0.6 is 39.7 Å². The Kier molecular flexibility index (Phi) is 3.21. The first-order valence-electron chi connectivity index (χ1n) is 2.77. The van der Waals surface area contributed by atoms with E-state index in [1.165, 1.54) is 0 Å². The molecule has 0 radical (unpaired) electrons. The molecule has 0 amide bonds. The molecule has 0 aliphatic heterocycles. The second kappa shape index (κ2) is 3.98. The predicted molar refractivity (Wildman–Crippen MR) is 53.8 cm³/mol. The summed E-state index contributed by atoms with van der Waals surface area (Å²) in [6.07, 6.45) is 0. The average Bonchev–Trinajstić information content (AvgIpc) is 1.98. The van der Waals surface area contributed by atoms with Gasteiger partial charge in [0.2, 0.25) is 0 Å². The van der Waals surface area contributed by atoms with Crippen LogP contribution in [-0.2, 0) is 0 Å². The Morgan fingerprint density at radius 1 is 1.55 bits per heavy atom. The van der Waals surface area contributed by atoms with E-state index in [1.807, 2.05) is 0 Å². The molecule has 1 aromatic rings. The molecule has 0 saturated carbocycles. The summed E-state index contributed by atoms with van der Waals surface area (Å²) in [6, 6.07) is 5.30. The Morgan fingerprint density at radius 2 is 2.27 bits per heavy atom. The Bertz CT molecular complexity index is 320. The molecule has 11 heavy (non-hydrogen) atoms. The standard InChI is InChI=1S/C7H3BrClNS/c8-6-3-5(10-4-11)1-2-7(6)9/h1-3H. The summed E-state index contributed by atoms with van der Waals surface area (Å²) in [7, 11) is 0. The van der Waals surface area contributed by atoms with Crippen molar-refractivity contribution in [2.24, 2.45) is 4.99 Å². The molecule has 0 N–H and O–H groups in total. The normalized spacial score (nSPS) is 8.91. The van der Waals surface area contributed by atoms with Gasteiger partial charge in [-0.3, -0.25) is 0 Å². The number of aliphatic imine (C=N–C) groups is 1. The molecule has 0 saturated heterocycles. The van der Waals surface area contributed by atoms with E-state index < -0.39 is 0 Å². The van der Waals surface area contributed by atoms with Crippen molar-refractivity contribution in [2.75, 3.05) is 0 Å². The Labute approximate surface area is 83.2 Å². The van der Waals surface area contributed by atoms with Gasteiger partial charge < -0.3 is 0 Å². The third-order valence-corrected chi connectivity index (χ3v) is 2.38. The number of hydrogen-bond acceptors (Lipinski definition) is 2. The van der Waals surface area contributed by atoms with Gasteiger partial charge in [0.15, 0.2) is 0 Å². The molecule has 56 valence electrons. The van der Waals surface area contributed by atoms with Crippen molar-refractivity contribution in [2.45, 2.75) is 0 Å². The molecule has 1 rings (SSSR count). The van der Waals surface area contributed by atoms with Crippen molar-refractivity contribution >= 4 is 50.6 Å². The van der Waals surface area contributed by atoms with E-state index in [2.05, 4.69) is 38.3 Å². The lowest BCUT2D eigenvalue weighted by molar-refractivity contribution is 1.53. The van der Waals surface area contributed by atoms with Crippen molar-refractivity contribution in [1.82, 2.24) is 0 Å². The SMILES string of the molecule is S=C=Nc1ccc(Cl)c(Br)c1. The molecule has 0 aliphatic carbocycles. The predicted octanol–water partition coefficient (Wildman–Crippen LogP) is 3.84. The number of benzene rings is 1. The summed E-state index contributed by atoms with van der Waals surface area (Å²) in [5, 5.41) is 2.94. The van der Waals surface area contributed by atoms with E-state index in [0.29, 0.717) is 5.02 Å². The van der Waals surface area contributed by atoms with E-state index in [-0.39, 0.29) is 0 Å². The highest BCUT2D eigenvalue weighted by Crippen LogP contribution is 2.26. The Morgan fingerprint density at radius 3 is 2.82 bits per heavy atom. The summed E-state index contributed by atoms with van der Waals surface area (Å²) in [5.41, 5.74) is 0.747. The second-order valence-electron chi connectivity index (χ2n) is 1.80. The molecular weight excluding hydrogens is 246 g/mol. The van der Waals surface area contributed by atoms with Crippen LogP contribution in [0.5, 0.6) is 0 Å². The summed E-state index contributed by atoms with van der Waals surface area (Å²) < 4.78 is 0.811. The van der Waals surface area contributed by atoms with E-state index in [9.17, 15) is 0 Å². The molecule has 0 aliphatic rings. The van der Waals surface area contributed by atoms with Crippen LogP contribution in [0, 0.1) is 0 Å². The molecule has 0 fully saturated rings. The van der Waals surface area contributed by atoms with Crippen LogP contribution < -0.4 is 0 Å². The van der Waals surface area contributed by atoms with Gasteiger partial charge in [-0.2, -0.15) is 4.99 Å². The number of isothiocyanates is 1. The molecule has 0 spiro atoms. The number of nitrogens with zero attached hydrogens (tertiary/aromatic N) is 1. The maximum atomic E-state index is 5.75. The number of halogens is 2. The molecule has 0 aromatic heterocycles. The second-order valence-corrected chi connectivity index (χ2v) is 3.25. The quantitative estimate of drug-likeness (QED) is 0.543. The van der Waals surface area contributed by atoms with Crippen LogP contribution in [-0.4, -0.2) is 5.16 Å². The summed E-state index contributed by atoms with van der Waals surface area (Å²) in [4.78, 5) is 3.78. The number of thiocarbonyl (C=S) groups is 1. The molecule has 0 heterocycles. The molecule has 0 unspecified atom stereocenters. The van der Waals surface area contributed by atoms with E-state index >= 15 is 0 Å². The van der Waals surface area contributed by atoms with Crippen LogP contribution in [0.4, 0.5) is 5.69 Å². The Balaban J connectivity index is 3.14. The number of hydrogen-bond donors (Lipinski definition) is 0. The lowest BCUT2D eigenvalue weighted by Gasteiger charge is -1.94. The monoisotopic (exact) mass is 247 g/mol. The first-order valence-corrected chi connectivity index (χ1v) is 4.35. The van der Waals surface area contributed by atoms with Crippen LogP contribution in [0.1, 0.15) is 0 Å². The highest BCUT2D eigenvalue weighted by molar-refractivity contribution is 9.10. The van der Waals surface area contributed by atoms with Crippen molar-refractivity contribution in [3.05, 3.63) is 27.7 Å². The average molecular weight is 249 g/mol. The van der Waals surface area contributed by atoms with Crippen LogP contribution in [0.3, 0.4) is 0 Å². The van der Waals surface area contributed by atoms with Gasteiger partial charge in [0.1, 0.15) is 0 Å². The number of rotatable bonds is 1. The Hall–Kier alpha value is -0.210. The molecular formula is C7H3BrClNS. The fourth-order valence-corrected chi connectivity index (χ4v) is 1.20. The van der Waals surface area contributed by atoms with E-state index in [1.54, 1.807) is 18.2 Å². The minimum Gasteiger partial charge on any atom is -0.195 e. The van der Waals surface area contributed by atoms with Gasteiger partial charge in [0.05, 0.1) is 15.9 Å². The zero-order valence-corrected chi connectivity index (χ0v) is 8.50. The van der Waals surface area contributed by atoms with Crippen LogP contribution in [0.15, 0.2) is 27.7 Å². The minimum absolute atomic E-state index is 0.660. The van der Waals surface area contributed by atoms with Crippen molar-refractivity contribution in [3.8, 4) is 0 Å². The van der Waals surface area contributed by atoms with E-state index in [0.717, 1.165) is 10.2 Å². The summed E-state index contributed by atoms with van der Waals surface area (Å²) in [6.45, 7) is 0. The summed E-state index contributed by atoms with van der Waals surface area (Å²) in [5.74, 6) is 0. The third-order valence-electron chi connectivity index (χ3n) is 1.08. The maximum Gasteiger partial charge on any atom is 0.0751 e. The van der Waals surface area contributed by atoms with Crippen LogP contribution in [0.25, 0.3) is 0 Å². The largest absolute Gasteiger partial charge is 0.195 e. The van der Waals surface area contributed by atoms with Gasteiger partial charge in [-0.1, -0.05) is 11.6 Å². The van der Waals surface area contributed by atoms with Gasteiger partial charge in [-0.05, 0) is 46.3 Å². The summed E-state index contributed by atoms with van der Waals surface area (Å²) >= 11 is 13.5. The lowest BCUT2D eigenvalue weighted by Crippen LogP contribution is -1.67. The third kappa shape index (κ3) is 2.38. The first kappa shape index (κ1) is 8.88. The smallest absolute Gasteiger partial charge is 0.0751 e. The zero-order chi connectivity index (χ0) is 8.27. The molecule has 4 heteroatoms. The van der Waals surface area contributed by atoms with Gasteiger partial charge in [0.25, 0.3) is 0 Å². The van der Waals surface area contributed by atoms with E-state index in [4.69, 9.17) is 11.6 Å². The lowest BCUT2D eigenvalue weighted by atomic mass is 10.3. The minimum atomic E-state index is 0.660. The molecule has 0 bridgehead atoms. The van der Waals surface area contributed by atoms with Crippen molar-refractivity contribution in [1.29, 1.82) is 0 Å². The van der Waals surface area contributed by atoms with Gasteiger partial charge in [-0.25, -0.2) is 0 Å². The van der Waals surface area contributed by atoms with Crippen molar-refractivity contribution in [3.63, 3.8) is 0 Å². The molecule has 1 aromatic carbocycles. The zero-order valence-electron chi connectivity index (χ0n) is 5.34. The topological polar surface area (TPSA) is 12.4 Å². The highest BCUT2D eigenvalue weighted by atomic mass is 79.9. The van der Waals surface area contributed by atoms with Gasteiger partial charge in [-0.15, -0.1) is 0 Å². The molecule has 0 atom stereocenters. The van der Waals surface area contributed by atoms with Gasteiger partial charge in [0, 0.05) is 4.47 Å². The molecule has 1 nitrogen and oxygen atoms in total. The van der Waals surface area contributed by atoms with Crippen LogP contribution in [0.2, 0.25) is 5.02 Å². The maximum absolute atomic E-state index is 5.75. The van der Waals surface area contributed by atoms with Gasteiger partial charge >= 0.3 is 0 Å². The fourth-order valence-electron chi connectivity index (χ4n) is 0.607. The highest BCUT2D eigenvalue weighted by Gasteiger charge is 1.95. The van der Waals surface area contributed by atoms with Crippen molar-refractivity contribution < 1.29 is 0 Å². The first-order chi connectivity index (χ1) is 5.24. The fraction of sp³-hybridized carbons (Fsp3) is 0.